The fourth-order valence-corrected chi connectivity index (χ4v) is 3.81. The van der Waals surface area contributed by atoms with Crippen molar-refractivity contribution in [2.24, 2.45) is 5.92 Å². The topological polar surface area (TPSA) is 21.8 Å². The van der Waals surface area contributed by atoms with Gasteiger partial charge < -0.3 is 9.47 Å². The predicted octanol–water partition coefficient (Wildman–Crippen LogP) is 4.09. The van der Waals surface area contributed by atoms with E-state index < -0.39 is 0 Å². The van der Waals surface area contributed by atoms with E-state index in [0.717, 1.165) is 19.6 Å². The minimum atomic E-state index is -0.167. The van der Waals surface area contributed by atoms with Crippen molar-refractivity contribution in [2.45, 2.75) is 31.5 Å². The number of hydrogen-bond acceptors (Lipinski definition) is 2. The van der Waals surface area contributed by atoms with Gasteiger partial charge >= 0.3 is 0 Å². The van der Waals surface area contributed by atoms with Crippen LogP contribution in [-0.2, 0) is 15.9 Å². The zero-order chi connectivity index (χ0) is 15.2. The second kappa shape index (κ2) is 4.94. The minimum Gasteiger partial charge on any atom is -0.372 e. The first-order valence-electron chi connectivity index (χ1n) is 8.04. The van der Waals surface area contributed by atoms with Gasteiger partial charge in [0.1, 0.15) is 5.60 Å². The van der Waals surface area contributed by atoms with Gasteiger partial charge in [0.2, 0.25) is 0 Å². The van der Waals surface area contributed by atoms with Gasteiger partial charge in [-0.15, -0.1) is 0 Å². The Morgan fingerprint density at radius 2 is 1.64 bits per heavy atom. The molecule has 0 amide bonds. The highest BCUT2D eigenvalue weighted by molar-refractivity contribution is 5.67. The number of ether oxygens (including phenoxy) is 2. The normalized spacial score (nSPS) is 28.9. The maximum Gasteiger partial charge on any atom is 0.125 e. The molecule has 2 aromatic rings. The molecule has 2 fully saturated rings. The molecule has 2 unspecified atom stereocenters. The smallest absolute Gasteiger partial charge is 0.125 e. The molecule has 4 rings (SSSR count). The average molecular weight is 294 g/mol. The van der Waals surface area contributed by atoms with Gasteiger partial charge in [0.05, 0.1) is 18.8 Å². The summed E-state index contributed by atoms with van der Waals surface area (Å²) in [4.78, 5) is 0. The second-order valence-electron chi connectivity index (χ2n) is 6.92. The van der Waals surface area contributed by atoms with Crippen molar-refractivity contribution in [3.8, 4) is 11.1 Å². The maximum atomic E-state index is 6.02. The lowest BCUT2D eigenvalue weighted by Gasteiger charge is -2.25. The van der Waals surface area contributed by atoms with E-state index in [1.54, 1.807) is 0 Å². The van der Waals surface area contributed by atoms with E-state index in [2.05, 4.69) is 68.4 Å². The molecule has 0 bridgehead atoms. The summed E-state index contributed by atoms with van der Waals surface area (Å²) in [5.74, 6) is 0.437. The molecule has 2 nitrogen and oxygen atoms in total. The lowest BCUT2D eigenvalue weighted by atomic mass is 9.79. The Hall–Kier alpha value is -1.64. The first kappa shape index (κ1) is 14.0. The molecule has 0 aliphatic carbocycles. The molecular weight excluding hydrogens is 272 g/mol. The zero-order valence-corrected chi connectivity index (χ0v) is 13.2. The van der Waals surface area contributed by atoms with E-state index in [1.807, 2.05) is 0 Å². The van der Waals surface area contributed by atoms with Gasteiger partial charge in [-0.05, 0) is 37.0 Å². The van der Waals surface area contributed by atoms with E-state index >= 15 is 0 Å². The van der Waals surface area contributed by atoms with Gasteiger partial charge in [-0.1, -0.05) is 54.6 Å². The van der Waals surface area contributed by atoms with E-state index in [9.17, 15) is 0 Å². The van der Waals surface area contributed by atoms with Crippen LogP contribution in [0.15, 0.2) is 54.6 Å². The number of benzene rings is 2. The Morgan fingerprint density at radius 3 is 2.36 bits per heavy atom. The van der Waals surface area contributed by atoms with Crippen molar-refractivity contribution in [2.75, 3.05) is 13.2 Å². The zero-order valence-electron chi connectivity index (χ0n) is 13.2. The summed E-state index contributed by atoms with van der Waals surface area (Å²) in [5, 5.41) is 0. The number of hydrogen-bond donors (Lipinski definition) is 0. The summed E-state index contributed by atoms with van der Waals surface area (Å²) in [7, 11) is 0. The Labute approximate surface area is 132 Å². The van der Waals surface area contributed by atoms with E-state index in [1.165, 1.54) is 16.7 Å². The van der Waals surface area contributed by atoms with Gasteiger partial charge in [-0.3, -0.25) is 0 Å². The van der Waals surface area contributed by atoms with Crippen molar-refractivity contribution in [3.05, 3.63) is 60.2 Å². The van der Waals surface area contributed by atoms with Crippen LogP contribution in [0.1, 0.15) is 19.4 Å². The molecule has 1 spiro atoms. The first-order chi connectivity index (χ1) is 10.6. The van der Waals surface area contributed by atoms with Gasteiger partial charge in [0.15, 0.2) is 0 Å². The van der Waals surface area contributed by atoms with Crippen LogP contribution in [0, 0.1) is 5.92 Å². The van der Waals surface area contributed by atoms with E-state index in [4.69, 9.17) is 9.47 Å². The fourth-order valence-electron chi connectivity index (χ4n) is 3.81. The summed E-state index contributed by atoms with van der Waals surface area (Å²) in [6.45, 7) is 5.93. The largest absolute Gasteiger partial charge is 0.372 e. The first-order valence-corrected chi connectivity index (χ1v) is 8.04. The van der Waals surface area contributed by atoms with Crippen LogP contribution in [0.2, 0.25) is 0 Å². The van der Waals surface area contributed by atoms with Gasteiger partial charge in [-0.25, -0.2) is 0 Å². The molecule has 2 aliphatic heterocycles. The molecule has 114 valence electrons. The van der Waals surface area contributed by atoms with E-state index in [0.29, 0.717) is 5.92 Å². The van der Waals surface area contributed by atoms with Crippen molar-refractivity contribution >= 4 is 0 Å². The van der Waals surface area contributed by atoms with Crippen LogP contribution in [0.25, 0.3) is 11.1 Å². The van der Waals surface area contributed by atoms with Crippen LogP contribution in [0.4, 0.5) is 0 Å². The highest BCUT2D eigenvalue weighted by Crippen LogP contribution is 2.52. The van der Waals surface area contributed by atoms with Crippen LogP contribution in [-0.4, -0.2) is 24.4 Å². The molecular formula is C20H22O2. The molecule has 2 aliphatic rings. The van der Waals surface area contributed by atoms with Crippen LogP contribution in [0.3, 0.4) is 0 Å². The second-order valence-corrected chi connectivity index (χ2v) is 6.92. The molecule has 2 atom stereocenters. The predicted molar refractivity (Wildman–Crippen MR) is 87.8 cm³/mol. The third-order valence-electron chi connectivity index (χ3n) is 5.35. The molecule has 22 heavy (non-hydrogen) atoms. The summed E-state index contributed by atoms with van der Waals surface area (Å²) in [5.41, 5.74) is 3.75. The lowest BCUT2D eigenvalue weighted by Crippen LogP contribution is -2.40. The quantitative estimate of drug-likeness (QED) is 0.795. The van der Waals surface area contributed by atoms with Gasteiger partial charge in [-0.2, -0.15) is 0 Å². The summed E-state index contributed by atoms with van der Waals surface area (Å²) >= 11 is 0. The van der Waals surface area contributed by atoms with Crippen molar-refractivity contribution in [1.82, 2.24) is 0 Å². The molecule has 2 saturated heterocycles. The lowest BCUT2D eigenvalue weighted by molar-refractivity contribution is -0.00158. The molecule has 0 N–H and O–H groups in total. The maximum absolute atomic E-state index is 6.02. The molecule has 0 saturated carbocycles. The fraction of sp³-hybridized carbons (Fsp3) is 0.400. The standard InChI is InChI=1S/C20H22O2/c1-19(2)20(14-22-20)17(13-21-19)12-16-10-6-7-11-18(16)15-8-4-3-5-9-15/h3-11,17H,12-14H2,1-2H3. The molecule has 0 aromatic heterocycles. The van der Waals surface area contributed by atoms with Gasteiger partial charge in [0, 0.05) is 5.92 Å². The summed E-state index contributed by atoms with van der Waals surface area (Å²) < 4.78 is 11.9. The Balaban J connectivity index is 1.65. The minimum absolute atomic E-state index is 0.0726. The van der Waals surface area contributed by atoms with Crippen molar-refractivity contribution in [3.63, 3.8) is 0 Å². The van der Waals surface area contributed by atoms with Crippen LogP contribution < -0.4 is 0 Å². The molecule has 2 heterocycles. The van der Waals surface area contributed by atoms with Crippen LogP contribution in [0.5, 0.6) is 0 Å². The third kappa shape index (κ3) is 2.10. The average Bonchev–Trinajstić information content (AvgIpc) is 3.31. The molecule has 2 heteroatoms. The SMILES string of the molecule is CC1(C)OCC(Cc2ccccc2-c2ccccc2)C12CO2. The Bertz CT molecular complexity index is 671. The third-order valence-corrected chi connectivity index (χ3v) is 5.35. The Kier molecular flexibility index (Phi) is 3.14. The van der Waals surface area contributed by atoms with Crippen molar-refractivity contribution < 1.29 is 9.47 Å². The summed E-state index contributed by atoms with van der Waals surface area (Å²) in [6, 6.07) is 19.3. The van der Waals surface area contributed by atoms with Crippen LogP contribution >= 0.6 is 0 Å². The van der Waals surface area contributed by atoms with E-state index in [-0.39, 0.29) is 11.2 Å². The number of epoxide rings is 1. The monoisotopic (exact) mass is 294 g/mol. The van der Waals surface area contributed by atoms with Gasteiger partial charge in [0.25, 0.3) is 0 Å². The highest BCUT2D eigenvalue weighted by Gasteiger charge is 2.66. The number of rotatable bonds is 3. The van der Waals surface area contributed by atoms with Crippen molar-refractivity contribution in [1.29, 1.82) is 0 Å². The highest BCUT2D eigenvalue weighted by atomic mass is 16.6. The molecule has 0 radical (unpaired) electrons. The molecule has 2 aromatic carbocycles. The Morgan fingerprint density at radius 1 is 0.955 bits per heavy atom. The summed E-state index contributed by atoms with van der Waals surface area (Å²) in [6.07, 6.45) is 1.01.